The van der Waals surface area contributed by atoms with Crippen LogP contribution < -0.4 is 0 Å². The Morgan fingerprint density at radius 3 is 2.78 bits per heavy atom. The van der Waals surface area contributed by atoms with Crippen LogP contribution in [0.25, 0.3) is 11.3 Å². The predicted molar refractivity (Wildman–Crippen MR) is 64.4 cm³/mol. The van der Waals surface area contributed by atoms with Crippen molar-refractivity contribution < 1.29 is 14.4 Å². The summed E-state index contributed by atoms with van der Waals surface area (Å²) in [4.78, 5) is 11.3. The molecule has 0 saturated heterocycles. The molecule has 0 amide bonds. The van der Waals surface area contributed by atoms with E-state index in [0.717, 1.165) is 6.54 Å². The second-order valence-electron chi connectivity index (χ2n) is 4.31. The summed E-state index contributed by atoms with van der Waals surface area (Å²) in [5, 5.41) is 17.3. The number of aromatic nitrogens is 3. The van der Waals surface area contributed by atoms with Gasteiger partial charge in [-0.1, -0.05) is 19.0 Å². The Morgan fingerprint density at radius 2 is 2.28 bits per heavy atom. The molecule has 6 heteroatoms. The average Bonchev–Trinajstić information content (AvgIpc) is 2.94. The topological polar surface area (TPSA) is 81.2 Å². The lowest BCUT2D eigenvalue weighted by Crippen LogP contribution is -2.02. The lowest BCUT2D eigenvalue weighted by Gasteiger charge is -2.00. The average molecular weight is 249 g/mol. The maximum atomic E-state index is 11.3. The molecule has 0 bridgehead atoms. The Labute approximate surface area is 104 Å². The molecule has 0 spiro atoms. The molecule has 0 aliphatic heterocycles. The first-order valence-corrected chi connectivity index (χ1v) is 5.80. The standard InChI is InChI=1S/C12H15N3O3/c1-4-15-6-8(5-13-15)10-9(12(16)17)11(7(2)3)18-14-10/h5-7H,4H2,1-3H3,(H,16,17). The van der Waals surface area contributed by atoms with Crippen LogP contribution in [0.4, 0.5) is 0 Å². The van der Waals surface area contributed by atoms with Gasteiger partial charge < -0.3 is 9.63 Å². The maximum Gasteiger partial charge on any atom is 0.341 e. The molecule has 2 aromatic heterocycles. The SMILES string of the molecule is CCn1cc(-c2noc(C(C)C)c2C(=O)O)cn1. The molecule has 0 unspecified atom stereocenters. The third kappa shape index (κ3) is 2.01. The number of rotatable bonds is 4. The molecule has 18 heavy (non-hydrogen) atoms. The number of hydrogen-bond donors (Lipinski definition) is 1. The quantitative estimate of drug-likeness (QED) is 0.899. The van der Waals surface area contributed by atoms with E-state index in [1.165, 1.54) is 0 Å². The van der Waals surface area contributed by atoms with Crippen molar-refractivity contribution in [1.82, 2.24) is 14.9 Å². The summed E-state index contributed by atoms with van der Waals surface area (Å²) in [5.41, 5.74) is 1.12. The summed E-state index contributed by atoms with van der Waals surface area (Å²) in [6.07, 6.45) is 3.35. The lowest BCUT2D eigenvalue weighted by atomic mass is 10.0. The lowest BCUT2D eigenvalue weighted by molar-refractivity contribution is 0.0694. The Hall–Kier alpha value is -2.11. The fraction of sp³-hybridized carbons (Fsp3) is 0.417. The summed E-state index contributed by atoms with van der Waals surface area (Å²) in [5.74, 6) is -0.667. The van der Waals surface area contributed by atoms with Crippen LogP contribution in [0, 0.1) is 0 Å². The van der Waals surface area contributed by atoms with Gasteiger partial charge in [-0.05, 0) is 6.92 Å². The van der Waals surface area contributed by atoms with Gasteiger partial charge in [0.2, 0.25) is 0 Å². The van der Waals surface area contributed by atoms with Crippen molar-refractivity contribution >= 4 is 5.97 Å². The number of carbonyl (C=O) groups is 1. The second-order valence-corrected chi connectivity index (χ2v) is 4.31. The summed E-state index contributed by atoms with van der Waals surface area (Å²) in [6, 6.07) is 0. The Kier molecular flexibility index (Phi) is 3.18. The zero-order chi connectivity index (χ0) is 13.3. The van der Waals surface area contributed by atoms with Crippen molar-refractivity contribution in [2.24, 2.45) is 0 Å². The van der Waals surface area contributed by atoms with E-state index in [0.29, 0.717) is 17.0 Å². The summed E-state index contributed by atoms with van der Waals surface area (Å²) in [7, 11) is 0. The normalized spacial score (nSPS) is 11.1. The van der Waals surface area contributed by atoms with E-state index >= 15 is 0 Å². The second kappa shape index (κ2) is 4.64. The first-order chi connectivity index (χ1) is 8.54. The molecule has 2 rings (SSSR count). The highest BCUT2D eigenvalue weighted by Crippen LogP contribution is 2.29. The molecule has 2 heterocycles. The van der Waals surface area contributed by atoms with Crippen molar-refractivity contribution in [2.45, 2.75) is 33.2 Å². The van der Waals surface area contributed by atoms with E-state index in [-0.39, 0.29) is 11.5 Å². The molecular weight excluding hydrogens is 234 g/mol. The minimum absolute atomic E-state index is 0.0291. The van der Waals surface area contributed by atoms with Crippen molar-refractivity contribution in [1.29, 1.82) is 0 Å². The van der Waals surface area contributed by atoms with E-state index in [9.17, 15) is 9.90 Å². The van der Waals surface area contributed by atoms with Gasteiger partial charge in [-0.3, -0.25) is 4.68 Å². The monoisotopic (exact) mass is 249 g/mol. The number of aryl methyl sites for hydroxylation is 1. The number of nitrogens with zero attached hydrogens (tertiary/aromatic N) is 3. The van der Waals surface area contributed by atoms with Crippen molar-refractivity contribution in [3.63, 3.8) is 0 Å². The van der Waals surface area contributed by atoms with Crippen LogP contribution >= 0.6 is 0 Å². The van der Waals surface area contributed by atoms with Crippen LogP contribution in [0.3, 0.4) is 0 Å². The molecule has 0 radical (unpaired) electrons. The van der Waals surface area contributed by atoms with E-state index in [2.05, 4.69) is 10.3 Å². The van der Waals surface area contributed by atoms with Gasteiger partial charge in [0.25, 0.3) is 0 Å². The molecule has 96 valence electrons. The largest absolute Gasteiger partial charge is 0.477 e. The maximum absolute atomic E-state index is 11.3. The van der Waals surface area contributed by atoms with Crippen LogP contribution in [0.15, 0.2) is 16.9 Å². The van der Waals surface area contributed by atoms with Gasteiger partial charge >= 0.3 is 5.97 Å². The van der Waals surface area contributed by atoms with Gasteiger partial charge in [-0.15, -0.1) is 0 Å². The first-order valence-electron chi connectivity index (χ1n) is 5.80. The van der Waals surface area contributed by atoms with E-state index in [4.69, 9.17) is 4.52 Å². The molecule has 0 atom stereocenters. The predicted octanol–water partition coefficient (Wildman–Crippen LogP) is 2.38. The van der Waals surface area contributed by atoms with Gasteiger partial charge in [-0.25, -0.2) is 4.79 Å². The minimum atomic E-state index is -1.03. The molecular formula is C12H15N3O3. The molecule has 0 fully saturated rings. The van der Waals surface area contributed by atoms with Gasteiger partial charge in [-0.2, -0.15) is 5.10 Å². The molecule has 6 nitrogen and oxygen atoms in total. The molecule has 1 N–H and O–H groups in total. The zero-order valence-corrected chi connectivity index (χ0v) is 10.5. The third-order valence-corrected chi connectivity index (χ3v) is 2.69. The number of carboxylic acids is 1. The summed E-state index contributed by atoms with van der Waals surface area (Å²) in [6.45, 7) is 6.41. The van der Waals surface area contributed by atoms with Crippen molar-refractivity contribution in [2.75, 3.05) is 0 Å². The first kappa shape index (κ1) is 12.3. The third-order valence-electron chi connectivity index (χ3n) is 2.69. The van der Waals surface area contributed by atoms with Gasteiger partial charge in [0, 0.05) is 24.2 Å². The van der Waals surface area contributed by atoms with E-state index < -0.39 is 5.97 Å². The van der Waals surface area contributed by atoms with Crippen LogP contribution in [0.5, 0.6) is 0 Å². The smallest absolute Gasteiger partial charge is 0.341 e. The highest BCUT2D eigenvalue weighted by Gasteiger charge is 2.25. The van der Waals surface area contributed by atoms with Crippen LogP contribution in [-0.4, -0.2) is 26.0 Å². The number of carboxylic acid groups (broad SMARTS) is 1. The Bertz CT molecular complexity index is 569. The van der Waals surface area contributed by atoms with Gasteiger partial charge in [0.15, 0.2) is 5.76 Å². The van der Waals surface area contributed by atoms with E-state index in [1.54, 1.807) is 17.1 Å². The molecule has 2 aromatic rings. The number of hydrogen-bond acceptors (Lipinski definition) is 4. The van der Waals surface area contributed by atoms with Gasteiger partial charge in [0.05, 0.1) is 6.20 Å². The number of aromatic carboxylic acids is 1. The van der Waals surface area contributed by atoms with Crippen LogP contribution in [0.2, 0.25) is 0 Å². The van der Waals surface area contributed by atoms with Crippen molar-refractivity contribution in [3.8, 4) is 11.3 Å². The van der Waals surface area contributed by atoms with Gasteiger partial charge in [0.1, 0.15) is 11.3 Å². The summed E-state index contributed by atoms with van der Waals surface area (Å²) >= 11 is 0. The molecule has 0 saturated carbocycles. The Balaban J connectivity index is 2.54. The zero-order valence-electron chi connectivity index (χ0n) is 10.5. The van der Waals surface area contributed by atoms with Crippen molar-refractivity contribution in [3.05, 3.63) is 23.7 Å². The summed E-state index contributed by atoms with van der Waals surface area (Å²) < 4.78 is 6.86. The fourth-order valence-corrected chi connectivity index (χ4v) is 1.76. The van der Waals surface area contributed by atoms with Crippen LogP contribution in [0.1, 0.15) is 42.8 Å². The highest BCUT2D eigenvalue weighted by molar-refractivity contribution is 5.95. The molecule has 0 aliphatic rings. The van der Waals surface area contributed by atoms with Crippen LogP contribution in [-0.2, 0) is 6.54 Å². The fourth-order valence-electron chi connectivity index (χ4n) is 1.76. The molecule has 0 aliphatic carbocycles. The highest BCUT2D eigenvalue weighted by atomic mass is 16.5. The molecule has 0 aromatic carbocycles. The van der Waals surface area contributed by atoms with E-state index in [1.807, 2.05) is 20.8 Å². The Morgan fingerprint density at radius 1 is 1.56 bits per heavy atom. The minimum Gasteiger partial charge on any atom is -0.477 e.